The van der Waals surface area contributed by atoms with E-state index < -0.39 is 5.82 Å². The van der Waals surface area contributed by atoms with Crippen LogP contribution in [0.5, 0.6) is 0 Å². The lowest BCUT2D eigenvalue weighted by atomic mass is 10.1. The van der Waals surface area contributed by atoms with Crippen molar-refractivity contribution in [2.75, 3.05) is 28.6 Å². The molecule has 154 valence electrons. The molecule has 0 aliphatic carbocycles. The van der Waals surface area contributed by atoms with E-state index in [2.05, 4.69) is 29.4 Å². The number of nitrogens with zero attached hydrogens (tertiary/aromatic N) is 1. The molecular formula is C24H24FN3O2. The van der Waals surface area contributed by atoms with Crippen LogP contribution >= 0.6 is 0 Å². The van der Waals surface area contributed by atoms with Crippen molar-refractivity contribution in [1.82, 2.24) is 0 Å². The highest BCUT2D eigenvalue weighted by Crippen LogP contribution is 2.19. The van der Waals surface area contributed by atoms with Crippen LogP contribution < -0.4 is 15.5 Å². The number of anilines is 3. The molecule has 0 bridgehead atoms. The predicted octanol–water partition coefficient (Wildman–Crippen LogP) is 5.18. The highest BCUT2D eigenvalue weighted by Gasteiger charge is 2.10. The van der Waals surface area contributed by atoms with E-state index in [1.54, 1.807) is 24.3 Å². The molecule has 6 heteroatoms. The number of benzene rings is 3. The Kier molecular flexibility index (Phi) is 6.80. The van der Waals surface area contributed by atoms with Crippen LogP contribution in [0.15, 0.2) is 72.8 Å². The van der Waals surface area contributed by atoms with Crippen molar-refractivity contribution < 1.29 is 14.0 Å². The molecule has 0 saturated carbocycles. The molecule has 0 aromatic heterocycles. The summed E-state index contributed by atoms with van der Waals surface area (Å²) in [5.41, 5.74) is 3.02. The molecule has 3 rings (SSSR count). The first kappa shape index (κ1) is 21.0. The summed E-state index contributed by atoms with van der Waals surface area (Å²) in [4.78, 5) is 27.1. The fourth-order valence-corrected chi connectivity index (χ4v) is 3.09. The van der Waals surface area contributed by atoms with Gasteiger partial charge in [0.25, 0.3) is 11.8 Å². The van der Waals surface area contributed by atoms with Gasteiger partial charge in [0, 0.05) is 41.3 Å². The number of hydrogen-bond donors (Lipinski definition) is 2. The highest BCUT2D eigenvalue weighted by molar-refractivity contribution is 6.07. The number of carbonyl (C=O) groups is 2. The molecule has 0 spiro atoms. The van der Waals surface area contributed by atoms with Gasteiger partial charge in [0.15, 0.2) is 0 Å². The first-order valence-electron chi connectivity index (χ1n) is 9.83. The number of hydrogen-bond acceptors (Lipinski definition) is 3. The lowest BCUT2D eigenvalue weighted by Crippen LogP contribution is -2.21. The van der Waals surface area contributed by atoms with Gasteiger partial charge < -0.3 is 15.5 Å². The molecule has 0 aliphatic heterocycles. The predicted molar refractivity (Wildman–Crippen MR) is 119 cm³/mol. The van der Waals surface area contributed by atoms with Crippen LogP contribution in [0.1, 0.15) is 34.6 Å². The molecule has 3 aromatic carbocycles. The monoisotopic (exact) mass is 405 g/mol. The van der Waals surface area contributed by atoms with Gasteiger partial charge in [0.2, 0.25) is 0 Å². The summed E-state index contributed by atoms with van der Waals surface area (Å²) in [6.07, 6.45) is 0. The summed E-state index contributed by atoms with van der Waals surface area (Å²) < 4.78 is 13.0. The summed E-state index contributed by atoms with van der Waals surface area (Å²) in [5, 5.41) is 5.59. The SMILES string of the molecule is CCN(CC)c1ccc(NC(=O)c2cccc(NC(=O)c3ccc(F)cc3)c2)cc1. The first-order chi connectivity index (χ1) is 14.5. The highest BCUT2D eigenvalue weighted by atomic mass is 19.1. The maximum atomic E-state index is 13.0. The van der Waals surface area contributed by atoms with Crippen molar-refractivity contribution in [1.29, 1.82) is 0 Å². The van der Waals surface area contributed by atoms with E-state index in [-0.39, 0.29) is 11.8 Å². The lowest BCUT2D eigenvalue weighted by Gasteiger charge is -2.21. The lowest BCUT2D eigenvalue weighted by molar-refractivity contribution is 0.101. The Bertz CT molecular complexity index is 1010. The number of amides is 2. The second-order valence-electron chi connectivity index (χ2n) is 6.72. The maximum absolute atomic E-state index is 13.0. The molecule has 0 unspecified atom stereocenters. The summed E-state index contributed by atoms with van der Waals surface area (Å²) >= 11 is 0. The number of halogens is 1. The van der Waals surface area contributed by atoms with Crippen LogP contribution in [-0.2, 0) is 0 Å². The molecular weight excluding hydrogens is 381 g/mol. The topological polar surface area (TPSA) is 61.4 Å². The molecule has 0 heterocycles. The van der Waals surface area contributed by atoms with Crippen LogP contribution in [0, 0.1) is 5.82 Å². The Balaban J connectivity index is 1.67. The van der Waals surface area contributed by atoms with Crippen molar-refractivity contribution in [2.24, 2.45) is 0 Å². The van der Waals surface area contributed by atoms with Crippen molar-refractivity contribution in [3.05, 3.63) is 89.7 Å². The van der Waals surface area contributed by atoms with Crippen LogP contribution in [0.25, 0.3) is 0 Å². The zero-order chi connectivity index (χ0) is 21.5. The Labute approximate surface area is 175 Å². The van der Waals surface area contributed by atoms with Gasteiger partial charge in [-0.3, -0.25) is 9.59 Å². The average molecular weight is 405 g/mol. The standard InChI is InChI=1S/C24H24FN3O2/c1-3-28(4-2)22-14-12-20(13-15-22)26-24(30)18-6-5-7-21(16-18)27-23(29)17-8-10-19(25)11-9-17/h5-16H,3-4H2,1-2H3,(H,26,30)(H,27,29). The van der Waals surface area contributed by atoms with Crippen LogP contribution in [0.4, 0.5) is 21.5 Å². The second kappa shape index (κ2) is 9.69. The normalized spacial score (nSPS) is 10.4. The third-order valence-electron chi connectivity index (χ3n) is 4.74. The van der Waals surface area contributed by atoms with Gasteiger partial charge in [-0.25, -0.2) is 4.39 Å². The van der Waals surface area contributed by atoms with Crippen molar-refractivity contribution in [2.45, 2.75) is 13.8 Å². The minimum Gasteiger partial charge on any atom is -0.372 e. The van der Waals surface area contributed by atoms with E-state index in [0.29, 0.717) is 22.5 Å². The third-order valence-corrected chi connectivity index (χ3v) is 4.74. The molecule has 2 amide bonds. The summed E-state index contributed by atoms with van der Waals surface area (Å²) in [7, 11) is 0. The molecule has 0 aliphatic rings. The van der Waals surface area contributed by atoms with E-state index in [0.717, 1.165) is 18.8 Å². The minimum absolute atomic E-state index is 0.275. The molecule has 5 nitrogen and oxygen atoms in total. The van der Waals surface area contributed by atoms with Crippen molar-refractivity contribution >= 4 is 28.9 Å². The van der Waals surface area contributed by atoms with Crippen LogP contribution in [-0.4, -0.2) is 24.9 Å². The molecule has 0 radical (unpaired) electrons. The van der Waals surface area contributed by atoms with Crippen molar-refractivity contribution in [3.8, 4) is 0 Å². The van der Waals surface area contributed by atoms with Gasteiger partial charge >= 0.3 is 0 Å². The molecule has 2 N–H and O–H groups in total. The number of carbonyl (C=O) groups excluding carboxylic acids is 2. The maximum Gasteiger partial charge on any atom is 0.255 e. The third kappa shape index (κ3) is 5.23. The Morgan fingerprint density at radius 3 is 2.00 bits per heavy atom. The summed E-state index contributed by atoms with van der Waals surface area (Å²) in [6.45, 7) is 6.03. The summed E-state index contributed by atoms with van der Waals surface area (Å²) in [6, 6.07) is 19.6. The van der Waals surface area contributed by atoms with Gasteiger partial charge in [0.1, 0.15) is 5.82 Å². The molecule has 0 atom stereocenters. The zero-order valence-electron chi connectivity index (χ0n) is 17.0. The second-order valence-corrected chi connectivity index (χ2v) is 6.72. The Hall–Kier alpha value is -3.67. The minimum atomic E-state index is -0.407. The van der Waals surface area contributed by atoms with Crippen molar-refractivity contribution in [3.63, 3.8) is 0 Å². The average Bonchev–Trinajstić information content (AvgIpc) is 2.76. The van der Waals surface area contributed by atoms with Gasteiger partial charge in [-0.2, -0.15) is 0 Å². The van der Waals surface area contributed by atoms with E-state index in [1.807, 2.05) is 24.3 Å². The van der Waals surface area contributed by atoms with E-state index >= 15 is 0 Å². The molecule has 3 aromatic rings. The van der Waals surface area contributed by atoms with E-state index in [9.17, 15) is 14.0 Å². The van der Waals surface area contributed by atoms with Crippen LogP contribution in [0.2, 0.25) is 0 Å². The van der Waals surface area contributed by atoms with Gasteiger partial charge in [-0.1, -0.05) is 6.07 Å². The smallest absolute Gasteiger partial charge is 0.255 e. The van der Waals surface area contributed by atoms with Gasteiger partial charge in [-0.05, 0) is 80.6 Å². The Morgan fingerprint density at radius 1 is 0.767 bits per heavy atom. The summed E-state index contributed by atoms with van der Waals surface area (Å²) in [5.74, 6) is -1.06. The van der Waals surface area contributed by atoms with E-state index in [1.165, 1.54) is 24.3 Å². The fourth-order valence-electron chi connectivity index (χ4n) is 3.09. The molecule has 0 saturated heterocycles. The molecule has 0 fully saturated rings. The quantitative estimate of drug-likeness (QED) is 0.570. The number of rotatable bonds is 7. The van der Waals surface area contributed by atoms with Gasteiger partial charge in [-0.15, -0.1) is 0 Å². The first-order valence-corrected chi connectivity index (χ1v) is 9.83. The zero-order valence-corrected chi connectivity index (χ0v) is 17.0. The van der Waals surface area contributed by atoms with Crippen LogP contribution in [0.3, 0.4) is 0 Å². The fraction of sp³-hybridized carbons (Fsp3) is 0.167. The van der Waals surface area contributed by atoms with E-state index in [4.69, 9.17) is 0 Å². The Morgan fingerprint density at radius 2 is 1.37 bits per heavy atom. The van der Waals surface area contributed by atoms with Gasteiger partial charge in [0.05, 0.1) is 0 Å². The molecule has 30 heavy (non-hydrogen) atoms. The largest absolute Gasteiger partial charge is 0.372 e. The number of nitrogens with one attached hydrogen (secondary N) is 2.